The van der Waals surface area contributed by atoms with Gasteiger partial charge in [0, 0.05) is 13.1 Å². The number of carbonyl (C=O) groups is 2. The molecular weight excluding hydrogens is 254 g/mol. The number of rotatable bonds is 2. The second-order valence-corrected chi connectivity index (χ2v) is 5.59. The lowest BCUT2D eigenvalue weighted by Crippen LogP contribution is -2.37. The van der Waals surface area contributed by atoms with Gasteiger partial charge in [-0.2, -0.15) is 8.75 Å². The van der Waals surface area contributed by atoms with Gasteiger partial charge in [-0.25, -0.2) is 0 Å². The average Bonchev–Trinajstić information content (AvgIpc) is 3.03. The highest BCUT2D eigenvalue weighted by atomic mass is 32.1. The monoisotopic (exact) mass is 267 g/mol. The molecule has 1 amide bonds. The summed E-state index contributed by atoms with van der Waals surface area (Å²) in [5, 5.41) is 9.44. The van der Waals surface area contributed by atoms with Crippen LogP contribution in [0.25, 0.3) is 0 Å². The third-order valence-electron chi connectivity index (χ3n) is 4.16. The van der Waals surface area contributed by atoms with Gasteiger partial charge in [0.25, 0.3) is 5.91 Å². The standard InChI is InChI=1S/C11H13N3O3S/c15-9(8-4-12-18-13-8)14-5-7-2-1-3-11(7,6-14)10(16)17/h4,7H,1-3,5-6H2,(H,16,17)/t7-,11+/m0/s1. The van der Waals surface area contributed by atoms with Gasteiger partial charge in [0.2, 0.25) is 0 Å². The van der Waals surface area contributed by atoms with Crippen LogP contribution in [0.2, 0.25) is 0 Å². The highest BCUT2D eigenvalue weighted by Crippen LogP contribution is 2.49. The van der Waals surface area contributed by atoms with Crippen molar-refractivity contribution in [3.05, 3.63) is 11.9 Å². The van der Waals surface area contributed by atoms with E-state index in [0.29, 0.717) is 25.2 Å². The predicted molar refractivity (Wildman–Crippen MR) is 63.2 cm³/mol. The number of aliphatic carboxylic acids is 1. The lowest BCUT2D eigenvalue weighted by atomic mass is 9.81. The van der Waals surface area contributed by atoms with E-state index in [1.165, 1.54) is 6.20 Å². The fourth-order valence-electron chi connectivity index (χ4n) is 3.21. The van der Waals surface area contributed by atoms with E-state index in [9.17, 15) is 14.7 Å². The molecule has 1 aliphatic carbocycles. The second-order valence-electron chi connectivity index (χ2n) is 5.03. The molecule has 6 nitrogen and oxygen atoms in total. The first-order valence-corrected chi connectivity index (χ1v) is 6.67. The van der Waals surface area contributed by atoms with Crippen LogP contribution >= 0.6 is 11.7 Å². The van der Waals surface area contributed by atoms with Gasteiger partial charge in [-0.1, -0.05) is 6.42 Å². The Hall–Kier alpha value is -1.50. The smallest absolute Gasteiger partial charge is 0.311 e. The number of carboxylic acid groups (broad SMARTS) is 1. The molecule has 1 saturated carbocycles. The van der Waals surface area contributed by atoms with Crippen molar-refractivity contribution in [2.75, 3.05) is 13.1 Å². The van der Waals surface area contributed by atoms with Crippen LogP contribution in [0.3, 0.4) is 0 Å². The Morgan fingerprint density at radius 3 is 3.00 bits per heavy atom. The van der Waals surface area contributed by atoms with E-state index in [1.807, 2.05) is 0 Å². The van der Waals surface area contributed by atoms with Gasteiger partial charge in [0.15, 0.2) is 5.69 Å². The topological polar surface area (TPSA) is 83.4 Å². The SMILES string of the molecule is O=C(c1cnsn1)N1C[C@@H]2CCC[C@@]2(C(=O)O)C1. The minimum atomic E-state index is -0.767. The van der Waals surface area contributed by atoms with Crippen LogP contribution in [0.4, 0.5) is 0 Å². The van der Waals surface area contributed by atoms with Crippen LogP contribution in [-0.4, -0.2) is 43.7 Å². The van der Waals surface area contributed by atoms with E-state index in [0.717, 1.165) is 24.6 Å². The van der Waals surface area contributed by atoms with Crippen LogP contribution in [0, 0.1) is 11.3 Å². The molecular formula is C11H13N3O3S. The van der Waals surface area contributed by atoms with Crippen molar-refractivity contribution in [3.63, 3.8) is 0 Å². The number of nitrogens with zero attached hydrogens (tertiary/aromatic N) is 3. The van der Waals surface area contributed by atoms with Gasteiger partial charge in [0.05, 0.1) is 23.3 Å². The van der Waals surface area contributed by atoms with Crippen LogP contribution in [0.1, 0.15) is 29.8 Å². The summed E-state index contributed by atoms with van der Waals surface area (Å²) in [4.78, 5) is 25.3. The van der Waals surface area contributed by atoms with E-state index in [-0.39, 0.29) is 11.8 Å². The molecule has 1 aromatic rings. The molecule has 0 spiro atoms. The molecule has 0 aromatic carbocycles. The van der Waals surface area contributed by atoms with E-state index >= 15 is 0 Å². The number of fused-ring (bicyclic) bond motifs is 1. The second kappa shape index (κ2) is 4.01. The Morgan fingerprint density at radius 2 is 2.39 bits per heavy atom. The summed E-state index contributed by atoms with van der Waals surface area (Å²) in [5.74, 6) is -0.874. The molecule has 7 heteroatoms. The maximum atomic E-state index is 12.1. The van der Waals surface area contributed by atoms with Crippen LogP contribution < -0.4 is 0 Å². The maximum Gasteiger partial charge on any atom is 0.311 e. The summed E-state index contributed by atoms with van der Waals surface area (Å²) < 4.78 is 7.72. The van der Waals surface area contributed by atoms with Gasteiger partial charge < -0.3 is 10.0 Å². The van der Waals surface area contributed by atoms with Crippen molar-refractivity contribution in [1.82, 2.24) is 13.6 Å². The molecule has 1 aromatic heterocycles. The zero-order chi connectivity index (χ0) is 12.8. The number of carboxylic acids is 1. The van der Waals surface area contributed by atoms with Crippen molar-refractivity contribution in [3.8, 4) is 0 Å². The molecule has 1 saturated heterocycles. The Kier molecular flexibility index (Phi) is 2.58. The van der Waals surface area contributed by atoms with E-state index in [1.54, 1.807) is 4.90 Å². The van der Waals surface area contributed by atoms with Gasteiger partial charge in [-0.15, -0.1) is 0 Å². The Morgan fingerprint density at radius 1 is 1.56 bits per heavy atom. The molecule has 3 rings (SSSR count). The van der Waals surface area contributed by atoms with Crippen molar-refractivity contribution in [1.29, 1.82) is 0 Å². The van der Waals surface area contributed by atoms with E-state index in [2.05, 4.69) is 8.75 Å². The summed E-state index contributed by atoms with van der Waals surface area (Å²) >= 11 is 0.990. The number of aromatic nitrogens is 2. The van der Waals surface area contributed by atoms with Crippen LogP contribution in [0.5, 0.6) is 0 Å². The number of hydrogen-bond acceptors (Lipinski definition) is 5. The fourth-order valence-corrected chi connectivity index (χ4v) is 3.62. The number of amides is 1. The molecule has 1 N–H and O–H groups in total. The zero-order valence-corrected chi connectivity index (χ0v) is 10.5. The molecule has 18 heavy (non-hydrogen) atoms. The fraction of sp³-hybridized carbons (Fsp3) is 0.636. The summed E-state index contributed by atoms with van der Waals surface area (Å²) in [7, 11) is 0. The Bertz CT molecular complexity index is 490. The first-order chi connectivity index (χ1) is 8.63. The first kappa shape index (κ1) is 11.6. The average molecular weight is 267 g/mol. The van der Waals surface area contributed by atoms with Crippen molar-refractivity contribution in [2.24, 2.45) is 11.3 Å². The highest BCUT2D eigenvalue weighted by Gasteiger charge is 2.55. The normalized spacial score (nSPS) is 30.4. The highest BCUT2D eigenvalue weighted by molar-refractivity contribution is 6.99. The number of hydrogen-bond donors (Lipinski definition) is 1. The minimum Gasteiger partial charge on any atom is -0.481 e. The molecule has 96 valence electrons. The van der Waals surface area contributed by atoms with Crippen molar-refractivity contribution < 1.29 is 14.7 Å². The molecule has 2 aliphatic rings. The predicted octanol–water partition coefficient (Wildman–Crippen LogP) is 0.865. The molecule has 0 radical (unpaired) electrons. The summed E-state index contributed by atoms with van der Waals surface area (Å²) in [6.45, 7) is 0.839. The lowest BCUT2D eigenvalue weighted by Gasteiger charge is -2.22. The summed E-state index contributed by atoms with van der Waals surface area (Å²) in [6, 6.07) is 0. The molecule has 0 bridgehead atoms. The molecule has 1 aliphatic heterocycles. The number of likely N-dealkylation sites (tertiary alicyclic amines) is 1. The van der Waals surface area contributed by atoms with Crippen molar-refractivity contribution >= 4 is 23.6 Å². The lowest BCUT2D eigenvalue weighted by molar-refractivity contribution is -0.149. The van der Waals surface area contributed by atoms with Crippen molar-refractivity contribution in [2.45, 2.75) is 19.3 Å². The van der Waals surface area contributed by atoms with Gasteiger partial charge >= 0.3 is 5.97 Å². The van der Waals surface area contributed by atoms with Gasteiger partial charge in [-0.3, -0.25) is 9.59 Å². The largest absolute Gasteiger partial charge is 0.481 e. The Labute approximate surface area is 108 Å². The molecule has 2 fully saturated rings. The molecule has 0 unspecified atom stereocenters. The Balaban J connectivity index is 1.83. The summed E-state index contributed by atoms with van der Waals surface area (Å²) in [6.07, 6.45) is 3.95. The first-order valence-electron chi connectivity index (χ1n) is 5.94. The van der Waals surface area contributed by atoms with E-state index < -0.39 is 11.4 Å². The molecule has 2 atom stereocenters. The number of carbonyl (C=O) groups excluding carboxylic acids is 1. The van der Waals surface area contributed by atoms with Gasteiger partial charge in [0.1, 0.15) is 0 Å². The molecule has 2 heterocycles. The quantitative estimate of drug-likeness (QED) is 0.859. The third kappa shape index (κ3) is 1.53. The maximum absolute atomic E-state index is 12.1. The van der Waals surface area contributed by atoms with Crippen LogP contribution in [0.15, 0.2) is 6.20 Å². The minimum absolute atomic E-state index is 0.0885. The third-order valence-corrected chi connectivity index (χ3v) is 4.64. The summed E-state index contributed by atoms with van der Waals surface area (Å²) in [5.41, 5.74) is -0.403. The van der Waals surface area contributed by atoms with Gasteiger partial charge in [-0.05, 0) is 18.8 Å². The zero-order valence-electron chi connectivity index (χ0n) is 9.70. The van der Waals surface area contributed by atoms with Crippen LogP contribution in [-0.2, 0) is 4.79 Å². The van der Waals surface area contributed by atoms with E-state index in [4.69, 9.17) is 0 Å².